The molecule has 2 fully saturated rings. The van der Waals surface area contributed by atoms with Crippen molar-refractivity contribution in [2.45, 2.75) is 82.8 Å². The maximum absolute atomic E-state index is 5.94. The molecule has 2 N–H and O–H groups in total. The van der Waals surface area contributed by atoms with Crippen LogP contribution in [0.5, 0.6) is 0 Å². The van der Waals surface area contributed by atoms with Crippen molar-refractivity contribution in [3.05, 3.63) is 0 Å². The zero-order valence-electron chi connectivity index (χ0n) is 15.9. The van der Waals surface area contributed by atoms with Crippen LogP contribution in [0.3, 0.4) is 0 Å². The van der Waals surface area contributed by atoms with Crippen LogP contribution in [-0.4, -0.2) is 51.5 Å². The Labute approximate surface area is 171 Å². The minimum atomic E-state index is 0. The number of nitrogens with one attached hydrogen (secondary N) is 2. The summed E-state index contributed by atoms with van der Waals surface area (Å²) in [5.74, 6) is 0.883. The average Bonchev–Trinajstić information content (AvgIpc) is 3.14. The van der Waals surface area contributed by atoms with Gasteiger partial charge in [-0.3, -0.25) is 4.99 Å². The quantitative estimate of drug-likeness (QED) is 0.222. The summed E-state index contributed by atoms with van der Waals surface area (Å²) in [6.07, 6.45) is 14.8. The number of guanidine groups is 1. The topological polar surface area (TPSA) is 54.9 Å². The highest BCUT2D eigenvalue weighted by molar-refractivity contribution is 14.0. The van der Waals surface area contributed by atoms with Gasteiger partial charge in [0.1, 0.15) is 0 Å². The molecule has 5 nitrogen and oxygen atoms in total. The van der Waals surface area contributed by atoms with Gasteiger partial charge in [-0.25, -0.2) is 0 Å². The van der Waals surface area contributed by atoms with Crippen molar-refractivity contribution < 1.29 is 9.47 Å². The largest absolute Gasteiger partial charge is 0.378 e. The van der Waals surface area contributed by atoms with E-state index >= 15 is 0 Å². The van der Waals surface area contributed by atoms with Crippen LogP contribution in [-0.2, 0) is 9.47 Å². The monoisotopic (exact) mass is 467 g/mol. The van der Waals surface area contributed by atoms with Gasteiger partial charge < -0.3 is 20.1 Å². The average molecular weight is 467 g/mol. The number of aliphatic imine (C=N–C) groups is 1. The van der Waals surface area contributed by atoms with E-state index < -0.39 is 0 Å². The van der Waals surface area contributed by atoms with Crippen LogP contribution >= 0.6 is 24.0 Å². The first kappa shape index (κ1) is 23.0. The number of hydrogen-bond acceptors (Lipinski definition) is 3. The van der Waals surface area contributed by atoms with Crippen LogP contribution in [0.15, 0.2) is 4.99 Å². The zero-order valence-corrected chi connectivity index (χ0v) is 18.3. The first-order valence-electron chi connectivity index (χ1n) is 10.1. The lowest BCUT2D eigenvalue weighted by Crippen LogP contribution is -2.38. The van der Waals surface area contributed by atoms with Crippen molar-refractivity contribution in [2.75, 3.05) is 33.4 Å². The molecule has 2 rings (SSSR count). The Bertz CT molecular complexity index is 344. The zero-order chi connectivity index (χ0) is 16.9. The maximum atomic E-state index is 5.94. The summed E-state index contributed by atoms with van der Waals surface area (Å²) in [5, 5.41) is 6.71. The molecule has 0 heterocycles. The van der Waals surface area contributed by atoms with E-state index in [1.807, 2.05) is 7.05 Å². The highest BCUT2D eigenvalue weighted by atomic mass is 127. The van der Waals surface area contributed by atoms with Gasteiger partial charge >= 0.3 is 0 Å². The van der Waals surface area contributed by atoms with Crippen LogP contribution in [0.2, 0.25) is 0 Å². The van der Waals surface area contributed by atoms with Gasteiger partial charge in [-0.1, -0.05) is 32.1 Å². The molecule has 0 spiro atoms. The van der Waals surface area contributed by atoms with Crippen LogP contribution in [0.4, 0.5) is 0 Å². The predicted molar refractivity (Wildman–Crippen MR) is 115 cm³/mol. The molecule has 0 amide bonds. The molecular weight excluding hydrogens is 429 g/mol. The number of ether oxygens (including phenoxy) is 2. The number of halogens is 1. The predicted octanol–water partition coefficient (Wildman–Crippen LogP) is 3.86. The molecule has 2 aliphatic rings. The first-order chi connectivity index (χ1) is 11.9. The van der Waals surface area contributed by atoms with Crippen molar-refractivity contribution in [2.24, 2.45) is 4.99 Å². The lowest BCUT2D eigenvalue weighted by molar-refractivity contribution is 0.0277. The molecule has 0 aromatic rings. The van der Waals surface area contributed by atoms with Crippen molar-refractivity contribution in [3.63, 3.8) is 0 Å². The summed E-state index contributed by atoms with van der Waals surface area (Å²) in [7, 11) is 1.82. The van der Waals surface area contributed by atoms with E-state index in [-0.39, 0.29) is 24.0 Å². The Hall–Kier alpha value is -0.0800. The minimum absolute atomic E-state index is 0. The fraction of sp³-hybridized carbons (Fsp3) is 0.947. The molecule has 25 heavy (non-hydrogen) atoms. The summed E-state index contributed by atoms with van der Waals surface area (Å²) >= 11 is 0. The molecule has 6 heteroatoms. The van der Waals surface area contributed by atoms with Gasteiger partial charge in [-0.15, -0.1) is 24.0 Å². The Morgan fingerprint density at radius 1 is 0.800 bits per heavy atom. The number of rotatable bonds is 10. The van der Waals surface area contributed by atoms with E-state index in [0.29, 0.717) is 12.2 Å². The molecule has 148 valence electrons. The molecular formula is C19H38IN3O2. The summed E-state index contributed by atoms with van der Waals surface area (Å²) < 4.78 is 11.8. The molecule has 0 aliphatic heterocycles. The Morgan fingerprint density at radius 3 is 1.68 bits per heavy atom. The smallest absolute Gasteiger partial charge is 0.190 e. The van der Waals surface area contributed by atoms with Crippen LogP contribution in [0.25, 0.3) is 0 Å². The second kappa shape index (κ2) is 15.0. The molecule has 0 radical (unpaired) electrons. The molecule has 2 aliphatic carbocycles. The van der Waals surface area contributed by atoms with Gasteiger partial charge in [0.25, 0.3) is 0 Å². The summed E-state index contributed by atoms with van der Waals surface area (Å²) in [5.41, 5.74) is 0. The second-order valence-corrected chi connectivity index (χ2v) is 7.04. The standard InChI is InChI=1S/C19H37N3O2.HI/c1-20-19(22-14-8-16-24-18-11-5-6-12-18)21-13-7-15-23-17-9-3-2-4-10-17;/h17-18H,2-16H2,1H3,(H2,20,21,22);1H. The lowest BCUT2D eigenvalue weighted by atomic mass is 9.98. The van der Waals surface area contributed by atoms with Crippen LogP contribution < -0.4 is 10.6 Å². The third-order valence-corrected chi connectivity index (χ3v) is 5.01. The number of hydrogen-bond donors (Lipinski definition) is 2. The first-order valence-corrected chi connectivity index (χ1v) is 10.1. The Kier molecular flexibility index (Phi) is 13.8. The minimum Gasteiger partial charge on any atom is -0.378 e. The fourth-order valence-electron chi connectivity index (χ4n) is 3.57. The van der Waals surface area contributed by atoms with Gasteiger partial charge in [0, 0.05) is 33.4 Å². The fourth-order valence-corrected chi connectivity index (χ4v) is 3.57. The summed E-state index contributed by atoms with van der Waals surface area (Å²) in [4.78, 5) is 4.26. The van der Waals surface area contributed by atoms with E-state index in [1.165, 1.54) is 57.8 Å². The number of nitrogens with zero attached hydrogens (tertiary/aromatic N) is 1. The van der Waals surface area contributed by atoms with Gasteiger partial charge in [0.15, 0.2) is 5.96 Å². The van der Waals surface area contributed by atoms with E-state index in [4.69, 9.17) is 9.47 Å². The van der Waals surface area contributed by atoms with Gasteiger partial charge in [0.05, 0.1) is 12.2 Å². The summed E-state index contributed by atoms with van der Waals surface area (Å²) in [6.45, 7) is 3.52. The SMILES string of the molecule is CN=C(NCCCOC1CCCCC1)NCCCOC1CCCC1.I. The summed E-state index contributed by atoms with van der Waals surface area (Å²) in [6, 6.07) is 0. The van der Waals surface area contributed by atoms with E-state index in [9.17, 15) is 0 Å². The van der Waals surface area contributed by atoms with Crippen LogP contribution in [0.1, 0.15) is 70.6 Å². The lowest BCUT2D eigenvalue weighted by Gasteiger charge is -2.22. The van der Waals surface area contributed by atoms with Gasteiger partial charge in [-0.2, -0.15) is 0 Å². The second-order valence-electron chi connectivity index (χ2n) is 7.04. The molecule has 0 unspecified atom stereocenters. The Balaban J connectivity index is 0.00000312. The molecule has 0 aromatic carbocycles. The van der Waals surface area contributed by atoms with E-state index in [0.717, 1.165) is 45.1 Å². The molecule has 0 aromatic heterocycles. The molecule has 2 saturated carbocycles. The van der Waals surface area contributed by atoms with Crippen molar-refractivity contribution >= 4 is 29.9 Å². The maximum Gasteiger partial charge on any atom is 0.190 e. The molecule has 0 bridgehead atoms. The van der Waals surface area contributed by atoms with Crippen LogP contribution in [0, 0.1) is 0 Å². The van der Waals surface area contributed by atoms with Crippen molar-refractivity contribution in [3.8, 4) is 0 Å². The van der Waals surface area contributed by atoms with E-state index in [1.54, 1.807) is 0 Å². The van der Waals surface area contributed by atoms with Crippen molar-refractivity contribution in [1.82, 2.24) is 10.6 Å². The Morgan fingerprint density at radius 2 is 1.24 bits per heavy atom. The molecule has 0 saturated heterocycles. The van der Waals surface area contributed by atoms with Crippen molar-refractivity contribution in [1.29, 1.82) is 0 Å². The normalized spacial score (nSPS) is 19.6. The third kappa shape index (κ3) is 10.6. The van der Waals surface area contributed by atoms with E-state index in [2.05, 4.69) is 15.6 Å². The van der Waals surface area contributed by atoms with Gasteiger partial charge in [-0.05, 0) is 38.5 Å². The third-order valence-electron chi connectivity index (χ3n) is 5.01. The highest BCUT2D eigenvalue weighted by Crippen LogP contribution is 2.21. The highest BCUT2D eigenvalue weighted by Gasteiger charge is 2.14. The van der Waals surface area contributed by atoms with Gasteiger partial charge in [0.2, 0.25) is 0 Å². The molecule has 0 atom stereocenters.